The minimum absolute atomic E-state index is 0.131. The number of carbonyl (C=O) groups excluding carboxylic acids is 1. The third kappa shape index (κ3) is 3.61. The van der Waals surface area contributed by atoms with Crippen molar-refractivity contribution >= 4 is 16.9 Å². The Morgan fingerprint density at radius 3 is 2.76 bits per heavy atom. The molecule has 2 heterocycles. The number of hydrogen-bond donors (Lipinski definition) is 1. The van der Waals surface area contributed by atoms with Crippen LogP contribution in [0, 0.1) is 23.2 Å². The molecule has 4 heteroatoms. The van der Waals surface area contributed by atoms with E-state index >= 15 is 0 Å². The Kier molecular flexibility index (Phi) is 4.93. The van der Waals surface area contributed by atoms with Gasteiger partial charge in [0.25, 0.3) is 0 Å². The van der Waals surface area contributed by atoms with Crippen molar-refractivity contribution in [1.82, 2.24) is 10.2 Å². The van der Waals surface area contributed by atoms with Gasteiger partial charge in [0.1, 0.15) is 5.58 Å². The van der Waals surface area contributed by atoms with E-state index in [1.807, 2.05) is 24.3 Å². The van der Waals surface area contributed by atoms with Gasteiger partial charge >= 0.3 is 0 Å². The highest BCUT2D eigenvalue weighted by atomic mass is 16.3. The number of piperidine rings is 1. The van der Waals surface area contributed by atoms with Gasteiger partial charge in [-0.2, -0.15) is 0 Å². The summed E-state index contributed by atoms with van der Waals surface area (Å²) in [5, 5.41) is 4.33. The van der Waals surface area contributed by atoms with Crippen LogP contribution >= 0.6 is 0 Å². The van der Waals surface area contributed by atoms with Gasteiger partial charge in [0, 0.05) is 31.1 Å². The van der Waals surface area contributed by atoms with Gasteiger partial charge in [-0.25, -0.2) is 0 Å². The number of likely N-dealkylation sites (tertiary alicyclic amines) is 1. The van der Waals surface area contributed by atoms with Gasteiger partial charge in [-0.05, 0) is 73.0 Å². The number of hydrogen-bond acceptors (Lipinski definition) is 3. The summed E-state index contributed by atoms with van der Waals surface area (Å²) in [5.74, 6) is 2.94. The van der Waals surface area contributed by atoms with E-state index in [2.05, 4.69) is 24.1 Å². The van der Waals surface area contributed by atoms with Gasteiger partial charge in [-0.3, -0.25) is 4.79 Å². The Bertz CT molecular complexity index is 876. The third-order valence-corrected chi connectivity index (χ3v) is 8.38. The molecule has 1 N–H and O–H groups in total. The van der Waals surface area contributed by atoms with E-state index in [0.29, 0.717) is 17.9 Å². The highest BCUT2D eigenvalue weighted by Gasteiger charge is 2.54. The Hall–Kier alpha value is -1.81. The lowest BCUT2D eigenvalue weighted by atomic mass is 9.45. The van der Waals surface area contributed by atoms with E-state index in [1.165, 1.54) is 25.8 Å². The maximum Gasteiger partial charge on any atom is 0.224 e. The molecule has 4 fully saturated rings. The largest absolute Gasteiger partial charge is 0.464 e. The maximum atomic E-state index is 12.6. The summed E-state index contributed by atoms with van der Waals surface area (Å²) in [6, 6.07) is 8.20. The van der Waals surface area contributed by atoms with Crippen molar-refractivity contribution in [1.29, 1.82) is 0 Å². The van der Waals surface area contributed by atoms with E-state index in [0.717, 1.165) is 60.2 Å². The lowest BCUT2D eigenvalue weighted by Gasteiger charge is -2.60. The van der Waals surface area contributed by atoms with Crippen LogP contribution in [0.25, 0.3) is 11.0 Å². The van der Waals surface area contributed by atoms with Gasteiger partial charge in [0.2, 0.25) is 5.91 Å². The SMILES string of the molecule is CC1(C)C2CCC(CN3CCC(NC(=O)Cc4cccc5occc45)CC3)[C@@H]1C2. The van der Waals surface area contributed by atoms with E-state index in [-0.39, 0.29) is 5.91 Å². The molecule has 1 amide bonds. The summed E-state index contributed by atoms with van der Waals surface area (Å²) in [7, 11) is 0. The van der Waals surface area contributed by atoms with Crippen LogP contribution in [0.4, 0.5) is 0 Å². The van der Waals surface area contributed by atoms with E-state index in [4.69, 9.17) is 4.42 Å². The highest BCUT2D eigenvalue weighted by molar-refractivity contribution is 5.87. The molecule has 1 aromatic heterocycles. The smallest absolute Gasteiger partial charge is 0.224 e. The fourth-order valence-electron chi connectivity index (χ4n) is 6.44. The predicted octanol–water partition coefficient (Wildman–Crippen LogP) is 4.63. The van der Waals surface area contributed by atoms with Crippen molar-refractivity contribution in [2.75, 3.05) is 19.6 Å². The number of rotatable bonds is 5. The van der Waals surface area contributed by atoms with E-state index in [9.17, 15) is 4.79 Å². The molecule has 0 radical (unpaired) electrons. The van der Waals surface area contributed by atoms with Crippen molar-refractivity contribution in [3.8, 4) is 0 Å². The molecule has 3 aliphatic carbocycles. The van der Waals surface area contributed by atoms with Gasteiger partial charge in [0.15, 0.2) is 0 Å². The lowest BCUT2D eigenvalue weighted by molar-refractivity contribution is -0.121. The molecule has 29 heavy (non-hydrogen) atoms. The topological polar surface area (TPSA) is 45.5 Å². The van der Waals surface area contributed by atoms with Gasteiger partial charge in [-0.15, -0.1) is 0 Å². The molecule has 156 valence electrons. The van der Waals surface area contributed by atoms with Gasteiger partial charge in [0.05, 0.1) is 12.7 Å². The molecular formula is C25H34N2O2. The van der Waals surface area contributed by atoms with Crippen molar-refractivity contribution < 1.29 is 9.21 Å². The number of amides is 1. The van der Waals surface area contributed by atoms with Gasteiger partial charge < -0.3 is 14.6 Å². The minimum atomic E-state index is 0.131. The molecule has 0 spiro atoms. The Balaban J connectivity index is 1.10. The first-order valence-electron chi connectivity index (χ1n) is 11.5. The summed E-state index contributed by atoms with van der Waals surface area (Å²) in [4.78, 5) is 15.3. The Labute approximate surface area is 174 Å². The average Bonchev–Trinajstić information content (AvgIpc) is 3.19. The number of fused-ring (bicyclic) bond motifs is 3. The molecule has 1 aliphatic heterocycles. The minimum Gasteiger partial charge on any atom is -0.464 e. The molecule has 4 aliphatic rings. The fraction of sp³-hybridized carbons (Fsp3) is 0.640. The second-order valence-electron chi connectivity index (χ2n) is 10.3. The molecule has 2 unspecified atom stereocenters. The normalized spacial score (nSPS) is 29.5. The highest BCUT2D eigenvalue weighted by Crippen LogP contribution is 2.61. The zero-order valence-corrected chi connectivity index (χ0v) is 17.8. The van der Waals surface area contributed by atoms with Crippen LogP contribution in [0.3, 0.4) is 0 Å². The fourth-order valence-corrected chi connectivity index (χ4v) is 6.44. The van der Waals surface area contributed by atoms with E-state index in [1.54, 1.807) is 6.26 Å². The number of nitrogens with zero attached hydrogens (tertiary/aromatic N) is 1. The summed E-state index contributed by atoms with van der Waals surface area (Å²) >= 11 is 0. The summed E-state index contributed by atoms with van der Waals surface area (Å²) < 4.78 is 5.45. The van der Waals surface area contributed by atoms with Gasteiger partial charge in [-0.1, -0.05) is 26.0 Å². The predicted molar refractivity (Wildman–Crippen MR) is 116 cm³/mol. The molecule has 1 saturated heterocycles. The zero-order valence-electron chi connectivity index (χ0n) is 17.8. The number of benzene rings is 1. The number of furan rings is 1. The van der Waals surface area contributed by atoms with Crippen LogP contribution in [-0.4, -0.2) is 36.5 Å². The molecule has 2 bridgehead atoms. The molecule has 4 nitrogen and oxygen atoms in total. The van der Waals surface area contributed by atoms with E-state index < -0.39 is 0 Å². The quantitative estimate of drug-likeness (QED) is 0.804. The first-order chi connectivity index (χ1) is 14.0. The summed E-state index contributed by atoms with van der Waals surface area (Å²) in [6.45, 7) is 8.49. The van der Waals surface area contributed by atoms with Crippen LogP contribution < -0.4 is 5.32 Å². The van der Waals surface area contributed by atoms with Crippen LogP contribution in [-0.2, 0) is 11.2 Å². The Morgan fingerprint density at radius 1 is 1.17 bits per heavy atom. The molecule has 1 aromatic carbocycles. The molecular weight excluding hydrogens is 360 g/mol. The zero-order chi connectivity index (χ0) is 20.0. The van der Waals surface area contributed by atoms with Crippen LogP contribution in [0.2, 0.25) is 0 Å². The molecule has 6 rings (SSSR count). The second-order valence-corrected chi connectivity index (χ2v) is 10.3. The maximum absolute atomic E-state index is 12.6. The number of nitrogens with one attached hydrogen (secondary N) is 1. The molecule has 2 aromatic rings. The Morgan fingerprint density at radius 2 is 2.00 bits per heavy atom. The van der Waals surface area contributed by atoms with Crippen LogP contribution in [0.5, 0.6) is 0 Å². The second kappa shape index (κ2) is 7.46. The van der Waals surface area contributed by atoms with Crippen molar-refractivity contribution in [3.63, 3.8) is 0 Å². The number of carbonyl (C=O) groups is 1. The van der Waals surface area contributed by atoms with Crippen molar-refractivity contribution in [2.24, 2.45) is 23.2 Å². The standard InChI is InChI=1S/C25H34N2O2/c1-25(2)19-7-6-18(22(25)15-19)16-27-11-8-20(9-12-27)26-24(28)14-17-4-3-5-23-21(17)10-13-29-23/h3-5,10,13,18-20,22H,6-9,11-12,14-16H2,1-2H3,(H,26,28)/t18?,19?,22-/m0/s1. The summed E-state index contributed by atoms with van der Waals surface area (Å²) in [5.41, 5.74) is 2.48. The van der Waals surface area contributed by atoms with Crippen molar-refractivity contribution in [2.45, 2.75) is 58.4 Å². The first kappa shape index (κ1) is 19.2. The average molecular weight is 395 g/mol. The molecule has 3 saturated carbocycles. The third-order valence-electron chi connectivity index (χ3n) is 8.38. The molecule has 3 atom stereocenters. The van der Waals surface area contributed by atoms with Crippen molar-refractivity contribution in [3.05, 3.63) is 36.1 Å². The summed E-state index contributed by atoms with van der Waals surface area (Å²) in [6.07, 6.45) is 8.60. The van der Waals surface area contributed by atoms with Crippen LogP contribution in [0.1, 0.15) is 51.5 Å². The lowest BCUT2D eigenvalue weighted by Crippen LogP contribution is -2.55. The van der Waals surface area contributed by atoms with Crippen LogP contribution in [0.15, 0.2) is 34.9 Å². The monoisotopic (exact) mass is 394 g/mol. The first-order valence-corrected chi connectivity index (χ1v) is 11.5.